The third-order valence-corrected chi connectivity index (χ3v) is 4.70. The number of anilines is 1. The molecule has 8 nitrogen and oxygen atoms in total. The molecule has 0 saturated carbocycles. The summed E-state index contributed by atoms with van der Waals surface area (Å²) in [5, 5.41) is 9.82. The first-order chi connectivity index (χ1) is 12.6. The summed E-state index contributed by atoms with van der Waals surface area (Å²) in [6.45, 7) is 3.06. The minimum atomic E-state index is -1.27. The van der Waals surface area contributed by atoms with Gasteiger partial charge in [0.15, 0.2) is 11.5 Å². The maximum absolute atomic E-state index is 12.0. The number of aryl methyl sites for hydroxylation is 1. The van der Waals surface area contributed by atoms with E-state index >= 15 is 0 Å². The van der Waals surface area contributed by atoms with Crippen molar-refractivity contribution in [1.29, 1.82) is 0 Å². The zero-order chi connectivity index (χ0) is 18.1. The largest absolute Gasteiger partial charge is 0.478 e. The standard InChI is InChI=1S/C18H19N3O5/c1-12-19-7-4-16(20-12)21-8-5-18(6-9-21,17(22)23)26-13-2-3-14-15(10-13)25-11-24-14/h2-4,7,10H,5-6,8-9,11H2,1H3,(H,22,23). The molecule has 136 valence electrons. The van der Waals surface area contributed by atoms with Crippen molar-refractivity contribution < 1.29 is 24.1 Å². The summed E-state index contributed by atoms with van der Waals surface area (Å²) in [7, 11) is 0. The Bertz CT molecular complexity index is 833. The lowest BCUT2D eigenvalue weighted by molar-refractivity contribution is -0.157. The minimum absolute atomic E-state index is 0.163. The number of nitrogens with zero attached hydrogens (tertiary/aromatic N) is 3. The van der Waals surface area contributed by atoms with Gasteiger partial charge >= 0.3 is 5.97 Å². The molecule has 1 saturated heterocycles. The molecule has 3 heterocycles. The van der Waals surface area contributed by atoms with Gasteiger partial charge in [0, 0.05) is 38.2 Å². The second kappa shape index (κ2) is 6.36. The van der Waals surface area contributed by atoms with Gasteiger partial charge in [-0.1, -0.05) is 0 Å². The third-order valence-electron chi connectivity index (χ3n) is 4.70. The number of hydrogen-bond acceptors (Lipinski definition) is 7. The van der Waals surface area contributed by atoms with Gasteiger partial charge in [-0.2, -0.15) is 0 Å². The van der Waals surface area contributed by atoms with Crippen LogP contribution in [-0.4, -0.2) is 46.5 Å². The second-order valence-corrected chi connectivity index (χ2v) is 6.37. The van der Waals surface area contributed by atoms with E-state index < -0.39 is 11.6 Å². The van der Waals surface area contributed by atoms with Crippen LogP contribution in [0.5, 0.6) is 17.2 Å². The molecule has 1 fully saturated rings. The summed E-state index contributed by atoms with van der Waals surface area (Å²) in [6.07, 6.45) is 2.40. The Morgan fingerprint density at radius 2 is 2.00 bits per heavy atom. The first-order valence-corrected chi connectivity index (χ1v) is 8.42. The van der Waals surface area contributed by atoms with Crippen molar-refractivity contribution in [2.45, 2.75) is 25.4 Å². The number of carbonyl (C=O) groups is 1. The minimum Gasteiger partial charge on any atom is -0.478 e. The topological polar surface area (TPSA) is 94.0 Å². The van der Waals surface area contributed by atoms with Crippen LogP contribution in [0.3, 0.4) is 0 Å². The number of piperidine rings is 1. The molecule has 8 heteroatoms. The van der Waals surface area contributed by atoms with E-state index in [-0.39, 0.29) is 6.79 Å². The highest BCUT2D eigenvalue weighted by atomic mass is 16.7. The summed E-state index contributed by atoms with van der Waals surface area (Å²) in [5.74, 6) is 2.19. The predicted octanol–water partition coefficient (Wildman–Crippen LogP) is 2.02. The van der Waals surface area contributed by atoms with Gasteiger partial charge in [-0.25, -0.2) is 14.8 Å². The summed E-state index contributed by atoms with van der Waals surface area (Å²) >= 11 is 0. The zero-order valence-corrected chi connectivity index (χ0v) is 14.3. The van der Waals surface area contributed by atoms with Crippen LogP contribution in [-0.2, 0) is 4.79 Å². The molecular formula is C18H19N3O5. The fourth-order valence-corrected chi connectivity index (χ4v) is 3.24. The van der Waals surface area contributed by atoms with Gasteiger partial charge < -0.3 is 24.2 Å². The van der Waals surface area contributed by atoms with Crippen LogP contribution >= 0.6 is 0 Å². The molecule has 1 aromatic carbocycles. The SMILES string of the molecule is Cc1nccc(N2CCC(Oc3ccc4c(c3)OCO4)(C(=O)O)CC2)n1. The molecule has 0 radical (unpaired) electrons. The highest BCUT2D eigenvalue weighted by molar-refractivity contribution is 5.78. The van der Waals surface area contributed by atoms with Crippen molar-refractivity contribution in [2.75, 3.05) is 24.8 Å². The number of ether oxygens (including phenoxy) is 3. The summed E-state index contributed by atoms with van der Waals surface area (Å²) in [6, 6.07) is 6.94. The van der Waals surface area contributed by atoms with Crippen LogP contribution in [0, 0.1) is 6.92 Å². The number of aliphatic carboxylic acids is 1. The van der Waals surface area contributed by atoms with Gasteiger partial charge in [-0.3, -0.25) is 0 Å². The Labute approximate surface area is 150 Å². The van der Waals surface area contributed by atoms with Crippen molar-refractivity contribution in [3.05, 3.63) is 36.3 Å². The van der Waals surface area contributed by atoms with Gasteiger partial charge in [0.1, 0.15) is 17.4 Å². The maximum Gasteiger partial charge on any atom is 0.348 e. The molecule has 0 spiro atoms. The molecule has 0 aliphatic carbocycles. The first kappa shape index (κ1) is 16.4. The van der Waals surface area contributed by atoms with Crippen LogP contribution < -0.4 is 19.1 Å². The quantitative estimate of drug-likeness (QED) is 0.888. The molecular weight excluding hydrogens is 338 g/mol. The van der Waals surface area contributed by atoms with Gasteiger partial charge in [0.2, 0.25) is 12.4 Å². The third kappa shape index (κ3) is 2.98. The lowest BCUT2D eigenvalue weighted by atomic mass is 9.91. The Morgan fingerprint density at radius 1 is 1.23 bits per heavy atom. The number of rotatable bonds is 4. The molecule has 0 amide bonds. The maximum atomic E-state index is 12.0. The average Bonchev–Trinajstić information content (AvgIpc) is 3.10. The van der Waals surface area contributed by atoms with E-state index in [0.717, 1.165) is 5.82 Å². The number of benzene rings is 1. The van der Waals surface area contributed by atoms with Crippen LogP contribution in [0.1, 0.15) is 18.7 Å². The predicted molar refractivity (Wildman–Crippen MR) is 91.8 cm³/mol. The van der Waals surface area contributed by atoms with Gasteiger partial charge in [0.25, 0.3) is 0 Å². The van der Waals surface area contributed by atoms with Crippen LogP contribution in [0.15, 0.2) is 30.5 Å². The Kier molecular flexibility index (Phi) is 4.02. The number of carboxylic acid groups (broad SMARTS) is 1. The molecule has 4 rings (SSSR count). The smallest absolute Gasteiger partial charge is 0.348 e. The first-order valence-electron chi connectivity index (χ1n) is 8.42. The fourth-order valence-electron chi connectivity index (χ4n) is 3.24. The molecule has 26 heavy (non-hydrogen) atoms. The monoisotopic (exact) mass is 357 g/mol. The van der Waals surface area contributed by atoms with Gasteiger partial charge in [-0.15, -0.1) is 0 Å². The lowest BCUT2D eigenvalue weighted by Gasteiger charge is -2.39. The lowest BCUT2D eigenvalue weighted by Crippen LogP contribution is -2.53. The van der Waals surface area contributed by atoms with Crippen LogP contribution in [0.4, 0.5) is 5.82 Å². The van der Waals surface area contributed by atoms with E-state index in [1.54, 1.807) is 24.4 Å². The average molecular weight is 357 g/mol. The van der Waals surface area contributed by atoms with Crippen molar-refractivity contribution in [1.82, 2.24) is 9.97 Å². The summed E-state index contributed by atoms with van der Waals surface area (Å²) < 4.78 is 16.6. The Morgan fingerprint density at radius 3 is 2.73 bits per heavy atom. The Balaban J connectivity index is 1.51. The van der Waals surface area contributed by atoms with Crippen molar-refractivity contribution >= 4 is 11.8 Å². The van der Waals surface area contributed by atoms with E-state index in [2.05, 4.69) is 14.9 Å². The number of aromatic nitrogens is 2. The Hall–Kier alpha value is -3.03. The van der Waals surface area contributed by atoms with E-state index in [9.17, 15) is 9.90 Å². The summed E-state index contributed by atoms with van der Waals surface area (Å²) in [5.41, 5.74) is -1.27. The van der Waals surface area contributed by atoms with Crippen molar-refractivity contribution in [3.63, 3.8) is 0 Å². The number of fused-ring (bicyclic) bond motifs is 1. The van der Waals surface area contributed by atoms with E-state index in [1.807, 2.05) is 13.0 Å². The van der Waals surface area contributed by atoms with Gasteiger partial charge in [-0.05, 0) is 25.1 Å². The van der Waals surface area contributed by atoms with Crippen LogP contribution in [0.25, 0.3) is 0 Å². The fraction of sp³-hybridized carbons (Fsp3) is 0.389. The second-order valence-electron chi connectivity index (χ2n) is 6.37. The molecule has 0 atom stereocenters. The van der Waals surface area contributed by atoms with E-state index in [0.29, 0.717) is 49.0 Å². The van der Waals surface area contributed by atoms with Gasteiger partial charge in [0.05, 0.1) is 0 Å². The molecule has 0 unspecified atom stereocenters. The number of hydrogen-bond donors (Lipinski definition) is 1. The molecule has 2 aliphatic heterocycles. The molecule has 1 aromatic heterocycles. The summed E-state index contributed by atoms with van der Waals surface area (Å²) in [4.78, 5) is 22.5. The van der Waals surface area contributed by atoms with E-state index in [4.69, 9.17) is 14.2 Å². The van der Waals surface area contributed by atoms with Crippen molar-refractivity contribution in [3.8, 4) is 17.2 Å². The normalized spacial score (nSPS) is 17.8. The van der Waals surface area contributed by atoms with Crippen LogP contribution in [0.2, 0.25) is 0 Å². The molecule has 2 aromatic rings. The molecule has 1 N–H and O–H groups in total. The molecule has 0 bridgehead atoms. The van der Waals surface area contributed by atoms with E-state index in [1.165, 1.54) is 0 Å². The van der Waals surface area contributed by atoms with Crippen molar-refractivity contribution in [2.24, 2.45) is 0 Å². The zero-order valence-electron chi connectivity index (χ0n) is 14.3. The highest BCUT2D eigenvalue weighted by Gasteiger charge is 2.44. The highest BCUT2D eigenvalue weighted by Crippen LogP contribution is 2.38. The molecule has 2 aliphatic rings. The number of carboxylic acids is 1.